The zero-order valence-corrected chi connectivity index (χ0v) is 13.8. The monoisotopic (exact) mass is 361 g/mol. The van der Waals surface area contributed by atoms with Crippen LogP contribution in [-0.2, 0) is 0 Å². The Labute approximate surface area is 122 Å². The van der Waals surface area contributed by atoms with Crippen LogP contribution in [-0.4, -0.2) is 7.05 Å². The van der Waals surface area contributed by atoms with E-state index < -0.39 is 0 Å². The average molecular weight is 363 g/mol. The molecule has 96 valence electrons. The Morgan fingerprint density at radius 2 is 1.71 bits per heavy atom. The van der Waals surface area contributed by atoms with E-state index in [0.29, 0.717) is 6.04 Å². The van der Waals surface area contributed by atoms with E-state index >= 15 is 0 Å². The number of benzene rings is 1. The highest BCUT2D eigenvalue weighted by Gasteiger charge is 2.10. The van der Waals surface area contributed by atoms with Gasteiger partial charge in [0.15, 0.2) is 0 Å². The summed E-state index contributed by atoms with van der Waals surface area (Å²) in [6, 6.07) is 6.94. The lowest BCUT2D eigenvalue weighted by Crippen LogP contribution is -2.16. The van der Waals surface area contributed by atoms with Crippen LogP contribution in [0.2, 0.25) is 0 Å². The Kier molecular flexibility index (Phi) is 7.40. The number of hydrogen-bond donors (Lipinski definition) is 1. The second kappa shape index (κ2) is 8.28. The summed E-state index contributed by atoms with van der Waals surface area (Å²) in [6.07, 6.45) is 6.48. The summed E-state index contributed by atoms with van der Waals surface area (Å²) in [5, 5.41) is 3.41. The summed E-state index contributed by atoms with van der Waals surface area (Å²) in [5.74, 6) is 0. The van der Waals surface area contributed by atoms with Gasteiger partial charge in [-0.2, -0.15) is 0 Å². The lowest BCUT2D eigenvalue weighted by atomic mass is 10.0. The standard InChI is InChI=1S/C14H21Br2N/c1-3-4-5-6-7-14(17-2)11-8-12(15)10-13(16)9-11/h8-10,14,17H,3-7H2,1-2H3. The second-order valence-electron chi connectivity index (χ2n) is 4.39. The van der Waals surface area contributed by atoms with Crippen LogP contribution < -0.4 is 5.32 Å². The predicted octanol–water partition coefficient (Wildman–Crippen LogP) is 5.44. The molecule has 1 rings (SSSR count). The molecule has 0 amide bonds. The van der Waals surface area contributed by atoms with Gasteiger partial charge in [-0.3, -0.25) is 0 Å². The van der Waals surface area contributed by atoms with Gasteiger partial charge in [-0.05, 0) is 37.2 Å². The maximum absolute atomic E-state index is 3.55. The molecule has 0 fully saturated rings. The molecule has 0 saturated carbocycles. The summed E-state index contributed by atoms with van der Waals surface area (Å²) in [7, 11) is 2.04. The van der Waals surface area contributed by atoms with Crippen LogP contribution in [0.25, 0.3) is 0 Å². The Bertz CT molecular complexity index is 319. The molecule has 0 heterocycles. The molecule has 0 radical (unpaired) electrons. The normalized spacial score (nSPS) is 12.7. The van der Waals surface area contributed by atoms with Crippen molar-refractivity contribution >= 4 is 31.9 Å². The number of halogens is 2. The van der Waals surface area contributed by atoms with E-state index in [1.165, 1.54) is 37.7 Å². The van der Waals surface area contributed by atoms with Crippen molar-refractivity contribution in [3.8, 4) is 0 Å². The number of rotatable bonds is 7. The first-order valence-corrected chi connectivity index (χ1v) is 7.89. The van der Waals surface area contributed by atoms with Gasteiger partial charge in [0.25, 0.3) is 0 Å². The first kappa shape index (κ1) is 15.2. The summed E-state index contributed by atoms with van der Waals surface area (Å²) in [6.45, 7) is 2.25. The van der Waals surface area contributed by atoms with Crippen molar-refractivity contribution in [1.29, 1.82) is 0 Å². The largest absolute Gasteiger partial charge is 0.313 e. The first-order valence-electron chi connectivity index (χ1n) is 6.30. The van der Waals surface area contributed by atoms with Gasteiger partial charge in [-0.1, -0.05) is 64.5 Å². The van der Waals surface area contributed by atoms with Crippen LogP contribution >= 0.6 is 31.9 Å². The highest BCUT2D eigenvalue weighted by Crippen LogP contribution is 2.26. The maximum Gasteiger partial charge on any atom is 0.0318 e. The van der Waals surface area contributed by atoms with Gasteiger partial charge in [0.1, 0.15) is 0 Å². The SMILES string of the molecule is CCCCCCC(NC)c1cc(Br)cc(Br)c1. The average Bonchev–Trinajstić information content (AvgIpc) is 2.28. The summed E-state index contributed by atoms with van der Waals surface area (Å²) in [4.78, 5) is 0. The molecule has 1 unspecified atom stereocenters. The van der Waals surface area contributed by atoms with Gasteiger partial charge in [-0.15, -0.1) is 0 Å². The van der Waals surface area contributed by atoms with Gasteiger partial charge >= 0.3 is 0 Å². The summed E-state index contributed by atoms with van der Waals surface area (Å²) in [5.41, 5.74) is 1.35. The van der Waals surface area contributed by atoms with Crippen LogP contribution in [0, 0.1) is 0 Å². The Morgan fingerprint density at radius 1 is 1.06 bits per heavy atom. The molecule has 1 aromatic rings. The third kappa shape index (κ3) is 5.54. The van der Waals surface area contributed by atoms with Crippen LogP contribution in [0.1, 0.15) is 50.6 Å². The van der Waals surface area contributed by atoms with Gasteiger partial charge in [0, 0.05) is 15.0 Å². The minimum atomic E-state index is 0.459. The molecular formula is C14H21Br2N. The van der Waals surface area contributed by atoms with Crippen molar-refractivity contribution in [2.24, 2.45) is 0 Å². The van der Waals surface area contributed by atoms with E-state index in [-0.39, 0.29) is 0 Å². The zero-order chi connectivity index (χ0) is 12.7. The zero-order valence-electron chi connectivity index (χ0n) is 10.6. The molecule has 1 atom stereocenters. The number of hydrogen-bond acceptors (Lipinski definition) is 1. The molecule has 3 heteroatoms. The smallest absolute Gasteiger partial charge is 0.0318 e. The molecule has 0 bridgehead atoms. The molecule has 1 nitrogen and oxygen atoms in total. The molecule has 0 aliphatic carbocycles. The van der Waals surface area contributed by atoms with Crippen molar-refractivity contribution in [2.45, 2.75) is 45.1 Å². The van der Waals surface area contributed by atoms with Crippen LogP contribution in [0.4, 0.5) is 0 Å². The van der Waals surface area contributed by atoms with Crippen molar-refractivity contribution in [3.05, 3.63) is 32.7 Å². The molecule has 1 N–H and O–H groups in total. The van der Waals surface area contributed by atoms with Gasteiger partial charge < -0.3 is 5.32 Å². The fraction of sp³-hybridized carbons (Fsp3) is 0.571. The molecule has 0 aliphatic heterocycles. The van der Waals surface area contributed by atoms with Gasteiger partial charge in [-0.25, -0.2) is 0 Å². The van der Waals surface area contributed by atoms with Crippen molar-refractivity contribution in [3.63, 3.8) is 0 Å². The minimum Gasteiger partial charge on any atom is -0.313 e. The maximum atomic E-state index is 3.55. The fourth-order valence-corrected chi connectivity index (χ4v) is 3.36. The quantitative estimate of drug-likeness (QED) is 0.636. The van der Waals surface area contributed by atoms with Crippen molar-refractivity contribution in [1.82, 2.24) is 5.32 Å². The fourth-order valence-electron chi connectivity index (χ4n) is 2.03. The van der Waals surface area contributed by atoms with Crippen LogP contribution in [0.15, 0.2) is 27.1 Å². The molecule has 0 saturated heterocycles. The number of nitrogens with one attached hydrogen (secondary N) is 1. The third-order valence-electron chi connectivity index (χ3n) is 2.98. The molecule has 0 aromatic heterocycles. The Hall–Kier alpha value is 0.140. The predicted molar refractivity (Wildman–Crippen MR) is 82.4 cm³/mol. The Morgan fingerprint density at radius 3 is 2.24 bits per heavy atom. The van der Waals surface area contributed by atoms with Crippen LogP contribution in [0.3, 0.4) is 0 Å². The van der Waals surface area contributed by atoms with Crippen molar-refractivity contribution < 1.29 is 0 Å². The van der Waals surface area contributed by atoms with Gasteiger partial charge in [0.2, 0.25) is 0 Å². The van der Waals surface area contributed by atoms with Crippen LogP contribution in [0.5, 0.6) is 0 Å². The first-order chi connectivity index (χ1) is 8.17. The van der Waals surface area contributed by atoms with E-state index in [1.807, 2.05) is 7.05 Å². The minimum absolute atomic E-state index is 0.459. The number of unbranched alkanes of at least 4 members (excludes halogenated alkanes) is 3. The third-order valence-corrected chi connectivity index (χ3v) is 3.90. The second-order valence-corrected chi connectivity index (χ2v) is 6.22. The van der Waals surface area contributed by atoms with E-state index in [0.717, 1.165) is 8.95 Å². The van der Waals surface area contributed by atoms with E-state index in [2.05, 4.69) is 62.3 Å². The Balaban J connectivity index is 2.59. The lowest BCUT2D eigenvalue weighted by Gasteiger charge is -2.17. The molecule has 0 spiro atoms. The van der Waals surface area contributed by atoms with Crippen molar-refractivity contribution in [2.75, 3.05) is 7.05 Å². The van der Waals surface area contributed by atoms with E-state index in [1.54, 1.807) is 0 Å². The topological polar surface area (TPSA) is 12.0 Å². The van der Waals surface area contributed by atoms with Gasteiger partial charge in [0.05, 0.1) is 0 Å². The molecule has 1 aromatic carbocycles. The van der Waals surface area contributed by atoms with E-state index in [4.69, 9.17) is 0 Å². The molecule has 17 heavy (non-hydrogen) atoms. The highest BCUT2D eigenvalue weighted by molar-refractivity contribution is 9.11. The highest BCUT2D eigenvalue weighted by atomic mass is 79.9. The molecular weight excluding hydrogens is 342 g/mol. The summed E-state index contributed by atoms with van der Waals surface area (Å²) < 4.78 is 2.27. The van der Waals surface area contributed by atoms with E-state index in [9.17, 15) is 0 Å². The molecule has 0 aliphatic rings. The lowest BCUT2D eigenvalue weighted by molar-refractivity contribution is 0.505. The summed E-state index contributed by atoms with van der Waals surface area (Å²) >= 11 is 7.09.